The van der Waals surface area contributed by atoms with Gasteiger partial charge < -0.3 is 4.74 Å². The van der Waals surface area contributed by atoms with Crippen LogP contribution in [0.5, 0.6) is 5.75 Å². The van der Waals surface area contributed by atoms with Crippen LogP contribution in [0.15, 0.2) is 47.6 Å². The molecule has 0 aliphatic carbocycles. The summed E-state index contributed by atoms with van der Waals surface area (Å²) in [5, 5.41) is 4.37. The van der Waals surface area contributed by atoms with E-state index < -0.39 is 22.5 Å². The summed E-state index contributed by atoms with van der Waals surface area (Å²) in [4.78, 5) is 12.2. The lowest BCUT2D eigenvalue weighted by Crippen LogP contribution is -2.39. The topological polar surface area (TPSA) is 88.1 Å². The van der Waals surface area contributed by atoms with Gasteiger partial charge in [-0.25, -0.2) is 13.8 Å². The van der Waals surface area contributed by atoms with Crippen LogP contribution in [0, 0.1) is 0 Å². The molecule has 0 aliphatic heterocycles. The van der Waals surface area contributed by atoms with Crippen LogP contribution in [0.4, 0.5) is 5.69 Å². The molecule has 29 heavy (non-hydrogen) atoms. The SMILES string of the molecule is CCCOc1ccc(/C=N\NC(=O)CN(c2cc(Cl)cc(Cl)c2)S(C)(=O)=O)cc1. The zero-order valence-corrected chi connectivity index (χ0v) is 18.3. The van der Waals surface area contributed by atoms with Crippen LogP contribution in [0.2, 0.25) is 10.0 Å². The Bertz CT molecular complexity index is 959. The Morgan fingerprint density at radius 3 is 2.34 bits per heavy atom. The van der Waals surface area contributed by atoms with Gasteiger partial charge in [0.25, 0.3) is 5.91 Å². The van der Waals surface area contributed by atoms with E-state index in [1.54, 1.807) is 24.3 Å². The molecular formula is C19H21Cl2N3O4S. The second-order valence-corrected chi connectivity index (χ2v) is 8.89. The molecule has 0 bridgehead atoms. The highest BCUT2D eigenvalue weighted by Gasteiger charge is 2.21. The number of rotatable bonds is 9. The molecule has 0 heterocycles. The van der Waals surface area contributed by atoms with Crippen LogP contribution >= 0.6 is 23.2 Å². The summed E-state index contributed by atoms with van der Waals surface area (Å²) < 4.78 is 30.6. The van der Waals surface area contributed by atoms with E-state index >= 15 is 0 Å². The van der Waals surface area contributed by atoms with Gasteiger partial charge in [-0.2, -0.15) is 5.10 Å². The van der Waals surface area contributed by atoms with Gasteiger partial charge in [0.1, 0.15) is 12.3 Å². The van der Waals surface area contributed by atoms with Gasteiger partial charge in [0.2, 0.25) is 10.0 Å². The van der Waals surface area contributed by atoms with Gasteiger partial charge >= 0.3 is 0 Å². The van der Waals surface area contributed by atoms with Crippen molar-refractivity contribution >= 4 is 51.0 Å². The summed E-state index contributed by atoms with van der Waals surface area (Å²) in [6.07, 6.45) is 3.35. The number of benzene rings is 2. The number of carbonyl (C=O) groups is 1. The Morgan fingerprint density at radius 2 is 1.79 bits per heavy atom. The highest BCUT2D eigenvalue weighted by atomic mass is 35.5. The first-order valence-corrected chi connectivity index (χ1v) is 11.3. The first kappa shape index (κ1) is 23.0. The number of halogens is 2. The summed E-state index contributed by atoms with van der Waals surface area (Å²) in [6.45, 7) is 2.18. The molecule has 10 heteroatoms. The summed E-state index contributed by atoms with van der Waals surface area (Å²) >= 11 is 11.9. The molecule has 0 fully saturated rings. The zero-order valence-electron chi connectivity index (χ0n) is 15.9. The first-order chi connectivity index (χ1) is 13.7. The Labute approximate surface area is 180 Å². The van der Waals surface area contributed by atoms with Crippen molar-refractivity contribution < 1.29 is 17.9 Å². The number of sulfonamides is 1. The third-order valence-corrected chi connectivity index (χ3v) is 5.16. The molecule has 2 aromatic rings. The van der Waals surface area contributed by atoms with E-state index in [2.05, 4.69) is 10.5 Å². The minimum atomic E-state index is -3.75. The van der Waals surface area contributed by atoms with E-state index in [1.165, 1.54) is 24.4 Å². The summed E-state index contributed by atoms with van der Waals surface area (Å²) in [5.74, 6) is 0.127. The van der Waals surface area contributed by atoms with Gasteiger partial charge in [-0.05, 0) is 54.4 Å². The number of hydrogen-bond donors (Lipinski definition) is 1. The van der Waals surface area contributed by atoms with Crippen LogP contribution in [-0.2, 0) is 14.8 Å². The van der Waals surface area contributed by atoms with Crippen molar-refractivity contribution in [3.8, 4) is 5.75 Å². The van der Waals surface area contributed by atoms with Gasteiger partial charge in [-0.15, -0.1) is 0 Å². The van der Waals surface area contributed by atoms with Crippen molar-refractivity contribution in [3.63, 3.8) is 0 Å². The van der Waals surface area contributed by atoms with Crippen LogP contribution in [0.1, 0.15) is 18.9 Å². The van der Waals surface area contributed by atoms with Gasteiger partial charge in [0.05, 0.1) is 24.8 Å². The molecule has 0 atom stereocenters. The van der Waals surface area contributed by atoms with Crippen LogP contribution in [-0.4, -0.2) is 39.9 Å². The first-order valence-electron chi connectivity index (χ1n) is 8.67. The fourth-order valence-electron chi connectivity index (χ4n) is 2.30. The average molecular weight is 458 g/mol. The molecule has 0 saturated carbocycles. The Hall–Kier alpha value is -2.29. The number of anilines is 1. The Kier molecular flexibility index (Phi) is 8.31. The van der Waals surface area contributed by atoms with E-state index in [0.29, 0.717) is 6.61 Å². The molecule has 0 aliphatic rings. The highest BCUT2D eigenvalue weighted by Crippen LogP contribution is 2.26. The van der Waals surface area contributed by atoms with Crippen LogP contribution in [0.25, 0.3) is 0 Å². The molecule has 156 valence electrons. The Balaban J connectivity index is 2.02. The summed E-state index contributed by atoms with van der Waals surface area (Å²) in [5.41, 5.74) is 3.24. The number of hydrazone groups is 1. The minimum Gasteiger partial charge on any atom is -0.494 e. The van der Waals surface area contributed by atoms with Crippen molar-refractivity contribution in [2.24, 2.45) is 5.10 Å². The number of nitrogens with zero attached hydrogens (tertiary/aromatic N) is 2. The summed E-state index contributed by atoms with van der Waals surface area (Å²) in [7, 11) is -3.75. The highest BCUT2D eigenvalue weighted by molar-refractivity contribution is 7.92. The number of ether oxygens (including phenoxy) is 1. The number of carbonyl (C=O) groups excluding carboxylic acids is 1. The van der Waals surface area contributed by atoms with E-state index in [1.807, 2.05) is 6.92 Å². The molecule has 0 spiro atoms. The zero-order chi connectivity index (χ0) is 21.4. The second-order valence-electron chi connectivity index (χ2n) is 6.11. The van der Waals surface area contributed by atoms with Gasteiger partial charge in [-0.1, -0.05) is 30.1 Å². The maximum Gasteiger partial charge on any atom is 0.260 e. The molecule has 2 aromatic carbocycles. The molecule has 7 nitrogen and oxygen atoms in total. The molecule has 0 aromatic heterocycles. The Morgan fingerprint density at radius 1 is 1.17 bits per heavy atom. The van der Waals surface area contributed by atoms with E-state index in [4.69, 9.17) is 27.9 Å². The smallest absolute Gasteiger partial charge is 0.260 e. The maximum absolute atomic E-state index is 12.2. The predicted octanol–water partition coefficient (Wildman–Crippen LogP) is 3.70. The number of amides is 1. The van der Waals surface area contributed by atoms with Crippen molar-refractivity contribution in [1.82, 2.24) is 5.43 Å². The fraction of sp³-hybridized carbons (Fsp3) is 0.263. The number of hydrogen-bond acceptors (Lipinski definition) is 5. The molecular weight excluding hydrogens is 437 g/mol. The molecule has 1 amide bonds. The van der Waals surface area contributed by atoms with Crippen molar-refractivity contribution in [2.75, 3.05) is 23.7 Å². The van der Waals surface area contributed by atoms with Gasteiger partial charge in [-0.3, -0.25) is 9.10 Å². The van der Waals surface area contributed by atoms with Crippen molar-refractivity contribution in [3.05, 3.63) is 58.1 Å². The lowest BCUT2D eigenvalue weighted by Gasteiger charge is -2.21. The largest absolute Gasteiger partial charge is 0.494 e. The lowest BCUT2D eigenvalue weighted by molar-refractivity contribution is -0.119. The monoisotopic (exact) mass is 457 g/mol. The molecule has 0 saturated heterocycles. The minimum absolute atomic E-state index is 0.187. The molecule has 1 N–H and O–H groups in total. The second kappa shape index (κ2) is 10.5. The fourth-order valence-corrected chi connectivity index (χ4v) is 3.65. The average Bonchev–Trinajstić information content (AvgIpc) is 2.63. The standard InChI is InChI=1S/C19H21Cl2N3O4S/c1-3-8-28-18-6-4-14(5-7-18)12-22-23-19(25)13-24(29(2,26)27)17-10-15(20)9-16(21)11-17/h4-7,9-12H,3,8,13H2,1-2H3,(H,23,25)/b22-12-. The third kappa shape index (κ3) is 7.56. The van der Waals surface area contributed by atoms with Crippen LogP contribution < -0.4 is 14.5 Å². The van der Waals surface area contributed by atoms with Gasteiger partial charge in [0, 0.05) is 10.0 Å². The molecule has 0 radical (unpaired) electrons. The third-order valence-electron chi connectivity index (χ3n) is 3.58. The molecule has 0 unspecified atom stereocenters. The normalized spacial score (nSPS) is 11.4. The maximum atomic E-state index is 12.2. The van der Waals surface area contributed by atoms with E-state index in [9.17, 15) is 13.2 Å². The quantitative estimate of drug-likeness (QED) is 0.459. The van der Waals surface area contributed by atoms with Crippen molar-refractivity contribution in [2.45, 2.75) is 13.3 Å². The van der Waals surface area contributed by atoms with E-state index in [0.717, 1.165) is 28.3 Å². The number of nitrogens with one attached hydrogen (secondary N) is 1. The lowest BCUT2D eigenvalue weighted by atomic mass is 10.2. The van der Waals surface area contributed by atoms with Crippen LogP contribution in [0.3, 0.4) is 0 Å². The summed E-state index contributed by atoms with van der Waals surface area (Å²) in [6, 6.07) is 11.5. The van der Waals surface area contributed by atoms with E-state index in [-0.39, 0.29) is 15.7 Å². The van der Waals surface area contributed by atoms with Crippen molar-refractivity contribution in [1.29, 1.82) is 0 Å². The predicted molar refractivity (Wildman–Crippen MR) is 117 cm³/mol. The van der Waals surface area contributed by atoms with Gasteiger partial charge in [0.15, 0.2) is 0 Å². The molecule has 2 rings (SSSR count).